The van der Waals surface area contributed by atoms with E-state index in [-0.39, 0.29) is 11.9 Å². The van der Waals surface area contributed by atoms with Crippen LogP contribution in [0.15, 0.2) is 11.6 Å². The van der Waals surface area contributed by atoms with Crippen LogP contribution >= 0.6 is 0 Å². The molecule has 2 N–H and O–H groups in total. The molecule has 0 bridgehead atoms. The first kappa shape index (κ1) is 10.3. The predicted molar refractivity (Wildman–Crippen MR) is 56.7 cm³/mol. The van der Waals surface area contributed by atoms with Crippen molar-refractivity contribution in [3.8, 4) is 12.3 Å². The zero-order valence-electron chi connectivity index (χ0n) is 8.82. The zero-order chi connectivity index (χ0) is 11.1. The van der Waals surface area contributed by atoms with E-state index in [1.807, 2.05) is 6.08 Å². The fraction of sp³-hybridized carbons (Fsp3) is 0.583. The highest BCUT2D eigenvalue weighted by molar-refractivity contribution is 5.67. The maximum Gasteiger partial charge on any atom is 0.303 e. The van der Waals surface area contributed by atoms with Crippen LogP contribution in [0.3, 0.4) is 0 Å². The summed E-state index contributed by atoms with van der Waals surface area (Å²) >= 11 is 0. The first-order chi connectivity index (χ1) is 7.11. The molecule has 0 unspecified atom stereocenters. The van der Waals surface area contributed by atoms with Crippen molar-refractivity contribution in [2.24, 2.45) is 17.6 Å². The third-order valence-corrected chi connectivity index (χ3v) is 3.46. The Hall–Kier alpha value is -1.27. The van der Waals surface area contributed by atoms with Gasteiger partial charge in [-0.25, -0.2) is 0 Å². The molecule has 2 rings (SSSR count). The van der Waals surface area contributed by atoms with Crippen molar-refractivity contribution in [1.29, 1.82) is 0 Å². The number of rotatable bonds is 2. The van der Waals surface area contributed by atoms with Crippen LogP contribution in [0.25, 0.3) is 0 Å². The molecule has 1 fully saturated rings. The van der Waals surface area contributed by atoms with E-state index in [0.29, 0.717) is 12.5 Å². The smallest absolute Gasteiger partial charge is 0.303 e. The summed E-state index contributed by atoms with van der Waals surface area (Å²) in [5, 5.41) is 0. The van der Waals surface area contributed by atoms with E-state index in [0.717, 1.165) is 18.4 Å². The summed E-state index contributed by atoms with van der Waals surface area (Å²) in [6, 6.07) is 0. The molecule has 0 aromatic rings. The SMILES string of the molecule is C#CC1=C[C@@H]2[C@H](C1)C[C@]2(CN)OC(C)=O. The third kappa shape index (κ3) is 1.46. The molecule has 0 radical (unpaired) electrons. The van der Waals surface area contributed by atoms with Crippen molar-refractivity contribution in [3.05, 3.63) is 11.6 Å². The number of hydrogen-bond acceptors (Lipinski definition) is 3. The minimum atomic E-state index is -0.477. The van der Waals surface area contributed by atoms with Gasteiger partial charge in [0.2, 0.25) is 0 Å². The minimum Gasteiger partial charge on any atom is -0.457 e. The van der Waals surface area contributed by atoms with Crippen molar-refractivity contribution in [1.82, 2.24) is 0 Å². The van der Waals surface area contributed by atoms with Gasteiger partial charge in [-0.15, -0.1) is 6.42 Å². The van der Waals surface area contributed by atoms with Crippen LogP contribution in [0.1, 0.15) is 19.8 Å². The fourth-order valence-electron chi connectivity index (χ4n) is 2.79. The summed E-state index contributed by atoms with van der Waals surface area (Å²) in [5.74, 6) is 3.16. The van der Waals surface area contributed by atoms with Gasteiger partial charge < -0.3 is 10.5 Å². The quantitative estimate of drug-likeness (QED) is 0.537. The van der Waals surface area contributed by atoms with Crippen LogP contribution in [0.4, 0.5) is 0 Å². The molecule has 0 saturated heterocycles. The van der Waals surface area contributed by atoms with Gasteiger partial charge in [0, 0.05) is 19.4 Å². The van der Waals surface area contributed by atoms with Crippen molar-refractivity contribution in [2.75, 3.05) is 6.54 Å². The Morgan fingerprint density at radius 3 is 3.13 bits per heavy atom. The molecule has 80 valence electrons. The van der Waals surface area contributed by atoms with Gasteiger partial charge >= 0.3 is 5.97 Å². The highest BCUT2D eigenvalue weighted by atomic mass is 16.6. The number of esters is 1. The second kappa shape index (κ2) is 3.39. The van der Waals surface area contributed by atoms with Crippen molar-refractivity contribution < 1.29 is 9.53 Å². The average Bonchev–Trinajstić information content (AvgIpc) is 2.53. The largest absolute Gasteiger partial charge is 0.457 e. The molecule has 0 aromatic heterocycles. The summed E-state index contributed by atoms with van der Waals surface area (Å²) in [4.78, 5) is 11.0. The van der Waals surface area contributed by atoms with Gasteiger partial charge in [-0.1, -0.05) is 12.0 Å². The van der Waals surface area contributed by atoms with E-state index in [9.17, 15) is 4.79 Å². The van der Waals surface area contributed by atoms with Crippen molar-refractivity contribution >= 4 is 5.97 Å². The number of allylic oxidation sites excluding steroid dienone is 1. The molecule has 3 atom stereocenters. The fourth-order valence-corrected chi connectivity index (χ4v) is 2.79. The zero-order valence-corrected chi connectivity index (χ0v) is 8.82. The van der Waals surface area contributed by atoms with Crippen LogP contribution in [0, 0.1) is 24.2 Å². The highest BCUT2D eigenvalue weighted by Crippen LogP contribution is 2.53. The van der Waals surface area contributed by atoms with Gasteiger partial charge in [0.1, 0.15) is 5.60 Å². The van der Waals surface area contributed by atoms with Crippen LogP contribution < -0.4 is 5.73 Å². The van der Waals surface area contributed by atoms with E-state index in [4.69, 9.17) is 16.9 Å². The molecule has 2 aliphatic rings. The van der Waals surface area contributed by atoms with Crippen LogP contribution in [-0.4, -0.2) is 18.1 Å². The summed E-state index contributed by atoms with van der Waals surface area (Å²) in [6.07, 6.45) is 9.18. The number of carbonyl (C=O) groups is 1. The molecule has 0 aliphatic heterocycles. The minimum absolute atomic E-state index is 0.234. The maximum atomic E-state index is 11.0. The lowest BCUT2D eigenvalue weighted by Gasteiger charge is -2.50. The molecular weight excluding hydrogens is 190 g/mol. The normalized spacial score (nSPS) is 37.3. The van der Waals surface area contributed by atoms with Crippen LogP contribution in [-0.2, 0) is 9.53 Å². The van der Waals surface area contributed by atoms with Gasteiger partial charge in [-0.05, 0) is 24.3 Å². The number of terminal acetylenes is 1. The summed E-state index contributed by atoms with van der Waals surface area (Å²) in [7, 11) is 0. The molecule has 1 saturated carbocycles. The van der Waals surface area contributed by atoms with Crippen LogP contribution in [0.5, 0.6) is 0 Å². The Kier molecular flexibility index (Phi) is 2.32. The molecule has 0 aromatic carbocycles. The lowest BCUT2D eigenvalue weighted by Crippen LogP contribution is -2.58. The molecule has 2 aliphatic carbocycles. The summed E-state index contributed by atoms with van der Waals surface area (Å²) < 4.78 is 5.35. The lowest BCUT2D eigenvalue weighted by atomic mass is 9.62. The first-order valence-corrected chi connectivity index (χ1v) is 5.18. The second-order valence-corrected chi connectivity index (χ2v) is 4.39. The summed E-state index contributed by atoms with van der Waals surface area (Å²) in [6.45, 7) is 1.80. The molecule has 15 heavy (non-hydrogen) atoms. The molecule has 3 nitrogen and oxygen atoms in total. The van der Waals surface area contributed by atoms with E-state index in [2.05, 4.69) is 5.92 Å². The molecular formula is C12H15NO2. The summed E-state index contributed by atoms with van der Waals surface area (Å²) in [5.41, 5.74) is 6.25. The monoisotopic (exact) mass is 205 g/mol. The molecule has 0 amide bonds. The molecule has 3 heteroatoms. The third-order valence-electron chi connectivity index (χ3n) is 3.46. The second-order valence-electron chi connectivity index (χ2n) is 4.39. The number of fused-ring (bicyclic) bond motifs is 1. The lowest BCUT2D eigenvalue weighted by molar-refractivity contribution is -0.181. The topological polar surface area (TPSA) is 52.3 Å². The Morgan fingerprint density at radius 1 is 1.87 bits per heavy atom. The number of ether oxygens (including phenoxy) is 1. The van der Waals surface area contributed by atoms with Gasteiger partial charge in [0.15, 0.2) is 0 Å². The maximum absolute atomic E-state index is 11.0. The van der Waals surface area contributed by atoms with Gasteiger partial charge in [0.05, 0.1) is 0 Å². The Labute approximate surface area is 89.7 Å². The van der Waals surface area contributed by atoms with E-state index in [1.165, 1.54) is 6.92 Å². The van der Waals surface area contributed by atoms with Crippen LogP contribution in [0.2, 0.25) is 0 Å². The highest BCUT2D eigenvalue weighted by Gasteiger charge is 2.56. The Bertz CT molecular complexity index is 366. The van der Waals surface area contributed by atoms with E-state index in [1.54, 1.807) is 0 Å². The van der Waals surface area contributed by atoms with E-state index >= 15 is 0 Å². The molecule has 0 spiro atoms. The number of hydrogen-bond donors (Lipinski definition) is 1. The standard InChI is InChI=1S/C12H15NO2/c1-3-9-4-10-6-12(7-13,11(10)5-9)15-8(2)14/h1,5,10-11H,4,6-7,13H2,2H3/t10-,11-,12-/m1/s1. The average molecular weight is 205 g/mol. The van der Waals surface area contributed by atoms with E-state index < -0.39 is 5.60 Å². The van der Waals surface area contributed by atoms with Gasteiger partial charge in [-0.2, -0.15) is 0 Å². The van der Waals surface area contributed by atoms with Gasteiger partial charge in [0.25, 0.3) is 0 Å². The van der Waals surface area contributed by atoms with Crippen molar-refractivity contribution in [2.45, 2.75) is 25.4 Å². The Balaban J connectivity index is 2.16. The number of nitrogens with two attached hydrogens (primary N) is 1. The van der Waals surface area contributed by atoms with Crippen molar-refractivity contribution in [3.63, 3.8) is 0 Å². The Morgan fingerprint density at radius 2 is 2.60 bits per heavy atom. The number of carbonyl (C=O) groups excluding carboxylic acids is 1. The van der Waals surface area contributed by atoms with Gasteiger partial charge in [-0.3, -0.25) is 4.79 Å². The molecule has 0 heterocycles. The first-order valence-electron chi connectivity index (χ1n) is 5.18. The predicted octanol–water partition coefficient (Wildman–Crippen LogP) is 0.846.